The molecule has 1 aliphatic carbocycles. The molecule has 0 saturated heterocycles. The van der Waals surface area contributed by atoms with Crippen LogP contribution in [0, 0.1) is 29.0 Å². The molecule has 1 aromatic heterocycles. The fourth-order valence-electron chi connectivity index (χ4n) is 3.79. The van der Waals surface area contributed by atoms with Gasteiger partial charge >= 0.3 is 6.09 Å². The zero-order valence-corrected chi connectivity index (χ0v) is 16.3. The topological polar surface area (TPSA) is 149 Å². The highest BCUT2D eigenvalue weighted by Gasteiger charge is 2.33. The van der Waals surface area contributed by atoms with Gasteiger partial charge < -0.3 is 21.5 Å². The Morgan fingerprint density at radius 3 is 2.67 bits per heavy atom. The first-order chi connectivity index (χ1) is 14.4. The molecular weight excluding hydrogens is 391 g/mol. The molecule has 1 saturated carbocycles. The van der Waals surface area contributed by atoms with Crippen molar-refractivity contribution >= 4 is 23.5 Å². The number of nitrogens with zero attached hydrogens (tertiary/aromatic N) is 3. The number of benzene rings is 1. The SMILES string of the molecule is N#CC1CC(CCOC(N)=O)CCC1n1cc(C(N)=O)c(Nc2ccc(F)cc2)n1. The predicted octanol–water partition coefficient (Wildman–Crippen LogP) is 2.83. The van der Waals surface area contributed by atoms with Gasteiger partial charge in [0.1, 0.15) is 11.4 Å². The molecule has 0 aliphatic heterocycles. The highest BCUT2D eigenvalue weighted by Crippen LogP contribution is 2.38. The smallest absolute Gasteiger partial charge is 0.404 e. The Balaban J connectivity index is 1.74. The summed E-state index contributed by atoms with van der Waals surface area (Å²) < 4.78 is 19.5. The van der Waals surface area contributed by atoms with Crippen LogP contribution in [0.5, 0.6) is 0 Å². The third-order valence-electron chi connectivity index (χ3n) is 5.30. The molecule has 0 spiro atoms. The number of ether oxygens (including phenoxy) is 1. The van der Waals surface area contributed by atoms with Crippen LogP contribution in [-0.4, -0.2) is 28.4 Å². The number of nitriles is 1. The van der Waals surface area contributed by atoms with Gasteiger partial charge in [-0.05, 0) is 55.9 Å². The summed E-state index contributed by atoms with van der Waals surface area (Å²) in [6.45, 7) is 0.224. The first-order valence-electron chi connectivity index (χ1n) is 9.60. The minimum absolute atomic E-state index is 0.188. The van der Waals surface area contributed by atoms with E-state index in [9.17, 15) is 19.2 Å². The number of nitrogens with two attached hydrogens (primary N) is 2. The zero-order valence-electron chi connectivity index (χ0n) is 16.3. The Labute approximate surface area is 172 Å². The lowest BCUT2D eigenvalue weighted by molar-refractivity contribution is 0.1000. The molecule has 1 fully saturated rings. The largest absolute Gasteiger partial charge is 0.450 e. The van der Waals surface area contributed by atoms with Crippen molar-refractivity contribution < 1.29 is 18.7 Å². The number of primary amides is 2. The normalized spacial score (nSPS) is 20.9. The van der Waals surface area contributed by atoms with Crippen LogP contribution in [0.4, 0.5) is 20.7 Å². The van der Waals surface area contributed by atoms with Gasteiger partial charge in [-0.2, -0.15) is 10.4 Å². The number of nitrogens with one attached hydrogen (secondary N) is 1. The Morgan fingerprint density at radius 1 is 1.30 bits per heavy atom. The molecule has 3 rings (SSSR count). The highest BCUT2D eigenvalue weighted by atomic mass is 19.1. The molecule has 1 aliphatic rings. The molecule has 1 heterocycles. The first kappa shape index (κ1) is 21.1. The van der Waals surface area contributed by atoms with E-state index in [-0.39, 0.29) is 41.7 Å². The van der Waals surface area contributed by atoms with Crippen LogP contribution in [-0.2, 0) is 4.74 Å². The molecule has 0 radical (unpaired) electrons. The quantitative estimate of drug-likeness (QED) is 0.634. The number of amides is 2. The number of aromatic nitrogens is 2. The summed E-state index contributed by atoms with van der Waals surface area (Å²) >= 11 is 0. The number of halogens is 1. The minimum Gasteiger partial charge on any atom is -0.450 e. The van der Waals surface area contributed by atoms with Crippen molar-refractivity contribution in [1.82, 2.24) is 9.78 Å². The van der Waals surface area contributed by atoms with E-state index < -0.39 is 12.0 Å². The maximum Gasteiger partial charge on any atom is 0.404 e. The van der Waals surface area contributed by atoms with Gasteiger partial charge in [-0.3, -0.25) is 9.48 Å². The van der Waals surface area contributed by atoms with Gasteiger partial charge in [-0.1, -0.05) is 0 Å². The maximum atomic E-state index is 13.1. The summed E-state index contributed by atoms with van der Waals surface area (Å²) in [5.74, 6) is -0.875. The van der Waals surface area contributed by atoms with Crippen molar-refractivity contribution in [3.8, 4) is 6.07 Å². The summed E-state index contributed by atoms with van der Waals surface area (Å²) in [6, 6.07) is 7.74. The van der Waals surface area contributed by atoms with Gasteiger partial charge in [-0.25, -0.2) is 9.18 Å². The summed E-state index contributed by atoms with van der Waals surface area (Å²) in [4.78, 5) is 22.6. The Morgan fingerprint density at radius 2 is 2.03 bits per heavy atom. The van der Waals surface area contributed by atoms with Gasteiger partial charge in [0.2, 0.25) is 0 Å². The predicted molar refractivity (Wildman–Crippen MR) is 106 cm³/mol. The molecular formula is C20H23FN6O3. The van der Waals surface area contributed by atoms with E-state index in [2.05, 4.69) is 16.5 Å². The average Bonchev–Trinajstić information content (AvgIpc) is 3.13. The third kappa shape index (κ3) is 5.05. The molecule has 10 heteroatoms. The van der Waals surface area contributed by atoms with Crippen molar-refractivity contribution in [2.45, 2.75) is 31.7 Å². The van der Waals surface area contributed by atoms with E-state index in [1.807, 2.05) is 0 Å². The van der Waals surface area contributed by atoms with Gasteiger partial charge in [0, 0.05) is 11.9 Å². The molecule has 9 nitrogen and oxygen atoms in total. The standard InChI is InChI=1S/C20H23FN6O3/c21-14-2-4-15(5-3-14)25-19-16(18(23)28)11-27(26-19)17-6-1-12(9-13(17)10-22)7-8-30-20(24)29/h2-5,11-13,17H,1,6-9H2,(H2,23,28)(H2,24,29)(H,25,26). The van der Waals surface area contributed by atoms with Crippen LogP contribution in [0.3, 0.4) is 0 Å². The number of carbonyl (C=O) groups excluding carboxylic acids is 2. The van der Waals surface area contributed by atoms with Crippen molar-refractivity contribution in [2.75, 3.05) is 11.9 Å². The molecule has 1 aromatic carbocycles. The number of anilines is 2. The molecule has 3 atom stereocenters. The summed E-state index contributed by atoms with van der Waals surface area (Å²) in [5, 5.41) is 17.1. The van der Waals surface area contributed by atoms with Crippen LogP contribution in [0.1, 0.15) is 42.1 Å². The second-order valence-electron chi connectivity index (χ2n) is 7.31. The molecule has 3 unspecified atom stereocenters. The lowest BCUT2D eigenvalue weighted by atomic mass is 9.77. The molecule has 0 bridgehead atoms. The van der Waals surface area contributed by atoms with Crippen LogP contribution in [0.15, 0.2) is 30.5 Å². The second-order valence-corrected chi connectivity index (χ2v) is 7.31. The van der Waals surface area contributed by atoms with Crippen LogP contribution >= 0.6 is 0 Å². The Kier molecular flexibility index (Phi) is 6.51. The third-order valence-corrected chi connectivity index (χ3v) is 5.30. The fourth-order valence-corrected chi connectivity index (χ4v) is 3.79. The minimum atomic E-state index is -0.808. The Bertz CT molecular complexity index is 952. The van der Waals surface area contributed by atoms with Gasteiger partial charge in [0.05, 0.1) is 24.6 Å². The zero-order chi connectivity index (χ0) is 21.7. The van der Waals surface area contributed by atoms with E-state index in [0.717, 1.165) is 6.42 Å². The highest BCUT2D eigenvalue weighted by molar-refractivity contribution is 5.98. The number of hydrogen-bond donors (Lipinski definition) is 3. The van der Waals surface area contributed by atoms with Crippen LogP contribution in [0.2, 0.25) is 0 Å². The van der Waals surface area contributed by atoms with E-state index in [1.165, 1.54) is 24.3 Å². The van der Waals surface area contributed by atoms with Crippen molar-refractivity contribution in [1.29, 1.82) is 5.26 Å². The van der Waals surface area contributed by atoms with E-state index in [4.69, 9.17) is 16.2 Å². The number of hydrogen-bond acceptors (Lipinski definition) is 6. The summed E-state index contributed by atoms with van der Waals surface area (Å²) in [7, 11) is 0. The van der Waals surface area contributed by atoms with E-state index >= 15 is 0 Å². The first-order valence-corrected chi connectivity index (χ1v) is 9.60. The van der Waals surface area contributed by atoms with Crippen molar-refractivity contribution in [2.24, 2.45) is 23.3 Å². The lowest BCUT2D eigenvalue weighted by Gasteiger charge is -2.32. The van der Waals surface area contributed by atoms with Gasteiger partial charge in [0.25, 0.3) is 5.91 Å². The van der Waals surface area contributed by atoms with Crippen LogP contribution in [0.25, 0.3) is 0 Å². The molecule has 158 valence electrons. The van der Waals surface area contributed by atoms with Crippen molar-refractivity contribution in [3.63, 3.8) is 0 Å². The van der Waals surface area contributed by atoms with E-state index in [0.29, 0.717) is 24.9 Å². The lowest BCUT2D eigenvalue weighted by Crippen LogP contribution is -2.28. The summed E-state index contributed by atoms with van der Waals surface area (Å²) in [5.41, 5.74) is 11.2. The van der Waals surface area contributed by atoms with Crippen molar-refractivity contribution in [3.05, 3.63) is 41.8 Å². The number of carbonyl (C=O) groups is 2. The molecule has 2 amide bonds. The Hall–Kier alpha value is -3.61. The van der Waals surface area contributed by atoms with E-state index in [1.54, 1.807) is 10.9 Å². The maximum absolute atomic E-state index is 13.1. The average molecular weight is 414 g/mol. The monoisotopic (exact) mass is 414 g/mol. The van der Waals surface area contributed by atoms with Gasteiger partial charge in [0.15, 0.2) is 5.82 Å². The fraction of sp³-hybridized carbons (Fsp3) is 0.400. The summed E-state index contributed by atoms with van der Waals surface area (Å²) in [6.07, 6.45) is 3.48. The molecule has 30 heavy (non-hydrogen) atoms. The van der Waals surface area contributed by atoms with Gasteiger partial charge in [-0.15, -0.1) is 0 Å². The van der Waals surface area contributed by atoms with Crippen LogP contribution < -0.4 is 16.8 Å². The molecule has 5 N–H and O–H groups in total. The second kappa shape index (κ2) is 9.26. The molecule has 2 aromatic rings. The number of rotatable bonds is 7.